The van der Waals surface area contributed by atoms with Crippen molar-refractivity contribution in [2.45, 2.75) is 32.2 Å². The average molecular weight is 298 g/mol. The molecule has 0 aliphatic heterocycles. The molecule has 8 heteroatoms. The standard InChI is InChI=1S/C13H15FN2O5/c1-3-13(4-2,12(18)19)15-11(17)9-6-5-8(14)7-10(9)16(20)21/h5-7H,3-4H2,1-2H3,(H,15,17)(H,18,19). The topological polar surface area (TPSA) is 110 Å². The van der Waals surface area contributed by atoms with Crippen molar-refractivity contribution >= 4 is 17.6 Å². The SMILES string of the molecule is CCC(CC)(NC(=O)c1ccc(F)cc1[N+](=O)[O-])C(=O)O. The van der Waals surface area contributed by atoms with Crippen molar-refractivity contribution in [3.05, 3.63) is 39.7 Å². The van der Waals surface area contributed by atoms with E-state index in [9.17, 15) is 29.2 Å². The number of carbonyl (C=O) groups is 2. The first kappa shape index (κ1) is 16.5. The summed E-state index contributed by atoms with van der Waals surface area (Å²) in [6.45, 7) is 3.16. The Labute approximate surface area is 119 Å². The highest BCUT2D eigenvalue weighted by atomic mass is 19.1. The third kappa shape index (κ3) is 3.33. The summed E-state index contributed by atoms with van der Waals surface area (Å²) in [5.41, 5.74) is -2.60. The second-order valence-electron chi connectivity index (χ2n) is 4.47. The van der Waals surface area contributed by atoms with Gasteiger partial charge < -0.3 is 10.4 Å². The number of carbonyl (C=O) groups excluding carboxylic acids is 1. The predicted molar refractivity (Wildman–Crippen MR) is 71.5 cm³/mol. The van der Waals surface area contributed by atoms with Crippen LogP contribution >= 0.6 is 0 Å². The monoisotopic (exact) mass is 298 g/mol. The van der Waals surface area contributed by atoms with E-state index in [0.29, 0.717) is 6.07 Å². The Morgan fingerprint density at radius 2 is 1.95 bits per heavy atom. The summed E-state index contributed by atoms with van der Waals surface area (Å²) in [7, 11) is 0. The third-order valence-electron chi connectivity index (χ3n) is 3.37. The zero-order valence-corrected chi connectivity index (χ0v) is 11.6. The highest BCUT2D eigenvalue weighted by molar-refractivity contribution is 6.00. The van der Waals surface area contributed by atoms with Gasteiger partial charge in [0, 0.05) is 0 Å². The lowest BCUT2D eigenvalue weighted by Gasteiger charge is -2.27. The van der Waals surface area contributed by atoms with Gasteiger partial charge in [-0.2, -0.15) is 0 Å². The quantitative estimate of drug-likeness (QED) is 0.617. The molecule has 0 fully saturated rings. The third-order valence-corrected chi connectivity index (χ3v) is 3.37. The van der Waals surface area contributed by atoms with Crippen molar-refractivity contribution in [1.82, 2.24) is 5.32 Å². The van der Waals surface area contributed by atoms with Crippen LogP contribution in [0, 0.1) is 15.9 Å². The molecule has 0 saturated heterocycles. The first-order valence-electron chi connectivity index (χ1n) is 6.27. The van der Waals surface area contributed by atoms with E-state index >= 15 is 0 Å². The smallest absolute Gasteiger partial charge is 0.329 e. The van der Waals surface area contributed by atoms with Gasteiger partial charge in [0.2, 0.25) is 0 Å². The van der Waals surface area contributed by atoms with Crippen molar-refractivity contribution in [2.24, 2.45) is 0 Å². The predicted octanol–water partition coefficient (Wildman–Crippen LogP) is 2.11. The second-order valence-corrected chi connectivity index (χ2v) is 4.47. The van der Waals surface area contributed by atoms with Gasteiger partial charge in [0.15, 0.2) is 0 Å². The molecule has 0 heterocycles. The summed E-state index contributed by atoms with van der Waals surface area (Å²) >= 11 is 0. The number of hydrogen-bond donors (Lipinski definition) is 2. The Morgan fingerprint density at radius 1 is 1.38 bits per heavy atom. The average Bonchev–Trinajstić information content (AvgIpc) is 2.44. The Kier molecular flexibility index (Phi) is 4.96. The molecule has 1 rings (SSSR count). The molecule has 0 bridgehead atoms. The minimum Gasteiger partial charge on any atom is -0.480 e. The van der Waals surface area contributed by atoms with Crippen molar-refractivity contribution in [1.29, 1.82) is 0 Å². The first-order valence-corrected chi connectivity index (χ1v) is 6.27. The van der Waals surface area contributed by atoms with Crippen molar-refractivity contribution in [3.63, 3.8) is 0 Å². The van der Waals surface area contributed by atoms with Gasteiger partial charge in [0.1, 0.15) is 16.9 Å². The highest BCUT2D eigenvalue weighted by Gasteiger charge is 2.37. The van der Waals surface area contributed by atoms with Crippen molar-refractivity contribution in [3.8, 4) is 0 Å². The largest absolute Gasteiger partial charge is 0.480 e. The van der Waals surface area contributed by atoms with Crippen LogP contribution in [0.5, 0.6) is 0 Å². The summed E-state index contributed by atoms with van der Waals surface area (Å²) in [5, 5.41) is 22.4. The number of hydrogen-bond acceptors (Lipinski definition) is 4. The molecule has 114 valence electrons. The summed E-state index contributed by atoms with van der Waals surface area (Å²) in [4.78, 5) is 33.4. The zero-order valence-electron chi connectivity index (χ0n) is 11.6. The molecule has 7 nitrogen and oxygen atoms in total. The molecule has 0 atom stereocenters. The van der Waals surface area contributed by atoms with Gasteiger partial charge in [-0.15, -0.1) is 0 Å². The summed E-state index contributed by atoms with van der Waals surface area (Å²) in [6.07, 6.45) is 0.221. The maximum absolute atomic E-state index is 13.0. The molecule has 0 aliphatic carbocycles. The number of rotatable bonds is 6. The Balaban J connectivity index is 3.21. The lowest BCUT2D eigenvalue weighted by Crippen LogP contribution is -2.53. The number of nitrogens with zero attached hydrogens (tertiary/aromatic N) is 1. The molecule has 0 unspecified atom stereocenters. The maximum atomic E-state index is 13.0. The van der Waals surface area contributed by atoms with Crippen LogP contribution in [0.25, 0.3) is 0 Å². The van der Waals surface area contributed by atoms with Gasteiger partial charge in [0.25, 0.3) is 11.6 Å². The molecule has 0 aromatic heterocycles. The molecular formula is C13H15FN2O5. The van der Waals surface area contributed by atoms with Gasteiger partial charge in [0.05, 0.1) is 11.0 Å². The van der Waals surface area contributed by atoms with E-state index in [1.807, 2.05) is 0 Å². The maximum Gasteiger partial charge on any atom is 0.329 e. The first-order chi connectivity index (χ1) is 9.77. The molecular weight excluding hydrogens is 283 g/mol. The molecule has 21 heavy (non-hydrogen) atoms. The van der Waals surface area contributed by atoms with Crippen LogP contribution < -0.4 is 5.32 Å². The molecule has 1 amide bonds. The molecule has 0 aliphatic rings. The van der Waals surface area contributed by atoms with Crippen LogP contribution in [0.3, 0.4) is 0 Å². The Hall–Kier alpha value is -2.51. The number of halogens is 1. The van der Waals surface area contributed by atoms with Gasteiger partial charge in [-0.05, 0) is 25.0 Å². The number of aliphatic carboxylic acids is 1. The summed E-state index contributed by atoms with van der Waals surface area (Å²) in [6, 6.07) is 2.48. The highest BCUT2D eigenvalue weighted by Crippen LogP contribution is 2.22. The van der Waals surface area contributed by atoms with E-state index < -0.39 is 33.8 Å². The van der Waals surface area contributed by atoms with Crippen LogP contribution in [0.15, 0.2) is 18.2 Å². The van der Waals surface area contributed by atoms with Gasteiger partial charge in [-0.3, -0.25) is 14.9 Å². The molecule has 2 N–H and O–H groups in total. The number of benzene rings is 1. The molecule has 0 saturated carbocycles. The fourth-order valence-corrected chi connectivity index (χ4v) is 1.92. The molecule has 1 aromatic rings. The second kappa shape index (κ2) is 6.29. The van der Waals surface area contributed by atoms with Crippen molar-refractivity contribution in [2.75, 3.05) is 0 Å². The Morgan fingerprint density at radius 3 is 2.38 bits per heavy atom. The number of nitro groups is 1. The molecule has 0 spiro atoms. The Bertz CT molecular complexity index is 584. The van der Waals surface area contributed by atoms with Crippen LogP contribution in [0.2, 0.25) is 0 Å². The minimum atomic E-state index is -1.51. The van der Waals surface area contributed by atoms with E-state index in [4.69, 9.17) is 0 Å². The van der Waals surface area contributed by atoms with E-state index in [1.54, 1.807) is 13.8 Å². The number of nitro benzene ring substituents is 1. The molecule has 1 aromatic carbocycles. The van der Waals surface area contributed by atoms with Crippen molar-refractivity contribution < 1.29 is 24.0 Å². The molecule has 0 radical (unpaired) electrons. The zero-order chi connectivity index (χ0) is 16.2. The minimum absolute atomic E-state index is 0.111. The van der Waals surface area contributed by atoms with Gasteiger partial charge in [-0.25, -0.2) is 9.18 Å². The summed E-state index contributed by atoms with van der Waals surface area (Å²) < 4.78 is 13.0. The van der Waals surface area contributed by atoms with E-state index in [0.717, 1.165) is 12.1 Å². The fourth-order valence-electron chi connectivity index (χ4n) is 1.92. The number of nitrogens with one attached hydrogen (secondary N) is 1. The fraction of sp³-hybridized carbons (Fsp3) is 0.385. The van der Waals surface area contributed by atoms with E-state index in [1.165, 1.54) is 0 Å². The van der Waals surface area contributed by atoms with Crippen LogP contribution in [0.4, 0.5) is 10.1 Å². The lowest BCUT2D eigenvalue weighted by molar-refractivity contribution is -0.385. The van der Waals surface area contributed by atoms with Crippen LogP contribution in [-0.4, -0.2) is 27.4 Å². The number of amides is 1. The van der Waals surface area contributed by atoms with Gasteiger partial charge >= 0.3 is 5.97 Å². The summed E-state index contributed by atoms with van der Waals surface area (Å²) in [5.74, 6) is -3.01. The van der Waals surface area contributed by atoms with Gasteiger partial charge in [-0.1, -0.05) is 13.8 Å². The lowest BCUT2D eigenvalue weighted by atomic mass is 9.92. The van der Waals surface area contributed by atoms with Crippen LogP contribution in [-0.2, 0) is 4.79 Å². The van der Waals surface area contributed by atoms with Crippen LogP contribution in [0.1, 0.15) is 37.0 Å². The van der Waals surface area contributed by atoms with E-state index in [2.05, 4.69) is 5.32 Å². The van der Waals surface area contributed by atoms with E-state index in [-0.39, 0.29) is 18.4 Å². The number of carboxylic acids is 1. The number of carboxylic acid groups (broad SMARTS) is 1. The normalized spacial score (nSPS) is 11.0.